The molecular weight excluding hydrogens is 542 g/mol. The molecule has 0 heterocycles. The predicted molar refractivity (Wildman–Crippen MR) is 160 cm³/mol. The van der Waals surface area contributed by atoms with E-state index in [4.69, 9.17) is 9.47 Å². The smallest absolute Gasteiger partial charge is 0.264 e. The van der Waals surface area contributed by atoms with E-state index < -0.39 is 28.5 Å². The van der Waals surface area contributed by atoms with E-state index in [1.165, 1.54) is 17.0 Å². The average Bonchev–Trinajstić information content (AvgIpc) is 2.99. The quantitative estimate of drug-likeness (QED) is 0.281. The number of nitrogens with one attached hydrogen (secondary N) is 1. The Morgan fingerprint density at radius 1 is 0.902 bits per heavy atom. The molecular formula is C31H39N3O6S. The Kier molecular flexibility index (Phi) is 11.6. The topological polar surface area (TPSA) is 105 Å². The Morgan fingerprint density at radius 3 is 2.22 bits per heavy atom. The third kappa shape index (κ3) is 8.23. The summed E-state index contributed by atoms with van der Waals surface area (Å²) in [5.41, 5.74) is 1.08. The maximum atomic E-state index is 14.1. The highest BCUT2D eigenvalue weighted by Crippen LogP contribution is 2.26. The largest absolute Gasteiger partial charge is 0.497 e. The molecule has 0 aromatic heterocycles. The Hall–Kier alpha value is -4.05. The third-order valence-corrected chi connectivity index (χ3v) is 8.26. The number of carbonyl (C=O) groups excluding carboxylic acids is 2. The molecule has 1 N–H and O–H groups in total. The van der Waals surface area contributed by atoms with Gasteiger partial charge in [-0.2, -0.15) is 0 Å². The molecule has 3 rings (SSSR count). The molecule has 9 nitrogen and oxygen atoms in total. The highest BCUT2D eigenvalue weighted by Gasteiger charge is 2.33. The molecule has 0 aliphatic carbocycles. The van der Waals surface area contributed by atoms with Crippen molar-refractivity contribution >= 4 is 27.5 Å². The first-order valence-corrected chi connectivity index (χ1v) is 15.2. The van der Waals surface area contributed by atoms with Gasteiger partial charge < -0.3 is 19.7 Å². The number of para-hydroxylation sites is 1. The average molecular weight is 582 g/mol. The molecule has 0 saturated heterocycles. The number of nitrogens with zero attached hydrogens (tertiary/aromatic N) is 2. The molecule has 2 amide bonds. The molecule has 0 saturated carbocycles. The summed E-state index contributed by atoms with van der Waals surface area (Å²) in [6.45, 7) is 6.14. The van der Waals surface area contributed by atoms with E-state index in [0.29, 0.717) is 36.8 Å². The van der Waals surface area contributed by atoms with E-state index in [1.807, 2.05) is 32.9 Å². The van der Waals surface area contributed by atoms with Crippen molar-refractivity contribution in [3.63, 3.8) is 0 Å². The molecule has 10 heteroatoms. The molecule has 1 atom stereocenters. The number of carbonyl (C=O) groups is 2. The van der Waals surface area contributed by atoms with Crippen LogP contribution < -0.4 is 19.1 Å². The van der Waals surface area contributed by atoms with Crippen LogP contribution in [0.2, 0.25) is 0 Å². The Labute approximate surface area is 243 Å². The van der Waals surface area contributed by atoms with Crippen molar-refractivity contribution in [3.8, 4) is 11.5 Å². The highest BCUT2D eigenvalue weighted by molar-refractivity contribution is 7.92. The Balaban J connectivity index is 2.02. The van der Waals surface area contributed by atoms with Crippen LogP contribution in [-0.4, -0.2) is 58.0 Å². The van der Waals surface area contributed by atoms with Crippen molar-refractivity contribution in [2.24, 2.45) is 0 Å². The number of sulfonamides is 1. The number of amides is 2. The van der Waals surface area contributed by atoms with Gasteiger partial charge in [-0.1, -0.05) is 44.2 Å². The summed E-state index contributed by atoms with van der Waals surface area (Å²) in [4.78, 5) is 28.7. The Morgan fingerprint density at radius 2 is 1.61 bits per heavy atom. The van der Waals surface area contributed by atoms with Gasteiger partial charge in [0.15, 0.2) is 0 Å². The van der Waals surface area contributed by atoms with Gasteiger partial charge in [0.05, 0.1) is 24.3 Å². The van der Waals surface area contributed by atoms with Crippen molar-refractivity contribution in [1.29, 1.82) is 0 Å². The monoisotopic (exact) mass is 581 g/mol. The first-order valence-electron chi connectivity index (χ1n) is 13.8. The normalized spacial score (nSPS) is 11.8. The van der Waals surface area contributed by atoms with Crippen LogP contribution >= 0.6 is 0 Å². The van der Waals surface area contributed by atoms with Gasteiger partial charge in [-0.3, -0.25) is 13.9 Å². The second-order valence-corrected chi connectivity index (χ2v) is 11.2. The number of rotatable bonds is 15. The lowest BCUT2D eigenvalue weighted by Gasteiger charge is -2.33. The van der Waals surface area contributed by atoms with Gasteiger partial charge in [0.1, 0.15) is 24.1 Å². The second kappa shape index (κ2) is 15.1. The zero-order valence-electron chi connectivity index (χ0n) is 24.1. The lowest BCUT2D eigenvalue weighted by Crippen LogP contribution is -2.52. The van der Waals surface area contributed by atoms with E-state index in [1.54, 1.807) is 61.7 Å². The standard InChI is InChI=1S/C31H39N3O6S/c1-5-20-32-31(36)29(6-2)33(22-24-12-11-15-27(21-24)39-4)30(35)23-34(25-13-9-8-10-14-25)41(37,38)28-18-16-26(17-19-28)40-7-3/h8-19,21,29H,5-7,20,22-23H2,1-4H3,(H,32,36)/t29-/m1/s1. The van der Waals surface area contributed by atoms with Crippen LogP contribution in [0.4, 0.5) is 5.69 Å². The minimum absolute atomic E-state index is 0.0182. The van der Waals surface area contributed by atoms with Gasteiger partial charge in [0.2, 0.25) is 11.8 Å². The molecule has 0 radical (unpaired) electrons. The molecule has 0 bridgehead atoms. The van der Waals surface area contributed by atoms with Crippen molar-refractivity contribution in [1.82, 2.24) is 10.2 Å². The summed E-state index contributed by atoms with van der Waals surface area (Å²) in [7, 11) is -2.60. The summed E-state index contributed by atoms with van der Waals surface area (Å²) in [6, 6.07) is 21.0. The number of hydrogen-bond acceptors (Lipinski definition) is 6. The maximum Gasteiger partial charge on any atom is 0.264 e. The SMILES string of the molecule is CCCNC(=O)[C@@H](CC)N(Cc1cccc(OC)c1)C(=O)CN(c1ccccc1)S(=O)(=O)c1ccc(OCC)cc1. The summed E-state index contributed by atoms with van der Waals surface area (Å²) < 4.78 is 39.8. The number of hydrogen-bond donors (Lipinski definition) is 1. The fourth-order valence-electron chi connectivity index (χ4n) is 4.38. The van der Waals surface area contributed by atoms with Crippen molar-refractivity contribution in [2.45, 2.75) is 51.1 Å². The van der Waals surface area contributed by atoms with Gasteiger partial charge >= 0.3 is 0 Å². The summed E-state index contributed by atoms with van der Waals surface area (Å²) >= 11 is 0. The molecule has 0 fully saturated rings. The molecule has 220 valence electrons. The molecule has 3 aromatic rings. The van der Waals surface area contributed by atoms with E-state index >= 15 is 0 Å². The van der Waals surface area contributed by atoms with Crippen molar-refractivity contribution < 1.29 is 27.5 Å². The van der Waals surface area contributed by atoms with E-state index in [0.717, 1.165) is 16.3 Å². The fourth-order valence-corrected chi connectivity index (χ4v) is 5.79. The van der Waals surface area contributed by atoms with Gasteiger partial charge in [-0.15, -0.1) is 0 Å². The number of ether oxygens (including phenoxy) is 2. The van der Waals surface area contributed by atoms with Gasteiger partial charge in [0, 0.05) is 13.1 Å². The van der Waals surface area contributed by atoms with Gasteiger partial charge in [-0.05, 0) is 73.9 Å². The molecule has 41 heavy (non-hydrogen) atoms. The van der Waals surface area contributed by atoms with Crippen LogP contribution in [0.5, 0.6) is 11.5 Å². The molecule has 3 aromatic carbocycles. The summed E-state index contributed by atoms with van der Waals surface area (Å²) in [5, 5.41) is 2.88. The minimum atomic E-state index is -4.16. The van der Waals surface area contributed by atoms with Crippen LogP contribution in [0.3, 0.4) is 0 Å². The van der Waals surface area contributed by atoms with Gasteiger partial charge in [0.25, 0.3) is 10.0 Å². The van der Waals surface area contributed by atoms with Crippen LogP contribution in [-0.2, 0) is 26.2 Å². The van der Waals surface area contributed by atoms with Crippen LogP contribution in [0.1, 0.15) is 39.2 Å². The highest BCUT2D eigenvalue weighted by atomic mass is 32.2. The molecule has 0 unspecified atom stereocenters. The van der Waals surface area contributed by atoms with Gasteiger partial charge in [-0.25, -0.2) is 8.42 Å². The van der Waals surface area contributed by atoms with Crippen LogP contribution in [0.25, 0.3) is 0 Å². The Bertz CT molecular complexity index is 1380. The van der Waals surface area contributed by atoms with E-state index in [9.17, 15) is 18.0 Å². The lowest BCUT2D eigenvalue weighted by atomic mass is 10.1. The zero-order valence-corrected chi connectivity index (χ0v) is 24.9. The first-order chi connectivity index (χ1) is 19.7. The number of methoxy groups -OCH3 is 1. The molecule has 0 aliphatic heterocycles. The fraction of sp³-hybridized carbons (Fsp3) is 0.355. The van der Waals surface area contributed by atoms with Crippen molar-refractivity contribution in [3.05, 3.63) is 84.4 Å². The molecule has 0 spiro atoms. The maximum absolute atomic E-state index is 14.1. The van der Waals surface area contributed by atoms with E-state index in [2.05, 4.69) is 5.32 Å². The van der Waals surface area contributed by atoms with E-state index in [-0.39, 0.29) is 17.3 Å². The first kappa shape index (κ1) is 31.5. The predicted octanol–water partition coefficient (Wildman–Crippen LogP) is 4.62. The lowest BCUT2D eigenvalue weighted by molar-refractivity contribution is -0.140. The summed E-state index contributed by atoms with van der Waals surface area (Å²) in [6.07, 6.45) is 1.09. The number of benzene rings is 3. The number of anilines is 1. The third-order valence-electron chi connectivity index (χ3n) is 6.47. The van der Waals surface area contributed by atoms with Crippen molar-refractivity contribution in [2.75, 3.05) is 31.1 Å². The zero-order chi connectivity index (χ0) is 29.8. The second-order valence-electron chi connectivity index (χ2n) is 9.34. The molecule has 0 aliphatic rings. The summed E-state index contributed by atoms with van der Waals surface area (Å²) in [5.74, 6) is 0.361. The van der Waals surface area contributed by atoms with Crippen LogP contribution in [0, 0.1) is 0 Å². The van der Waals surface area contributed by atoms with Crippen LogP contribution in [0.15, 0.2) is 83.8 Å². The minimum Gasteiger partial charge on any atom is -0.497 e.